The van der Waals surface area contributed by atoms with E-state index in [1.54, 1.807) is 13.0 Å². The summed E-state index contributed by atoms with van der Waals surface area (Å²) >= 11 is 6.17. The number of nitrogens with zero attached hydrogens (tertiary/aromatic N) is 1. The van der Waals surface area contributed by atoms with Crippen molar-refractivity contribution in [2.75, 3.05) is 6.61 Å². The molecule has 0 saturated heterocycles. The van der Waals surface area contributed by atoms with Gasteiger partial charge in [0.05, 0.1) is 23.4 Å². The van der Waals surface area contributed by atoms with Crippen LogP contribution in [0.3, 0.4) is 0 Å². The standard InChI is InChI=1S/C19H16ClNO2.ClH/c1-3-23-19(22)17-12(2)21-16-10-9-14(20)11-15(16)18(17)13-7-5-4-6-8-13;/h4-11H,3H2,1-2H3;1H/p-1. The van der Waals surface area contributed by atoms with Crippen molar-refractivity contribution in [1.82, 2.24) is 4.98 Å². The highest BCUT2D eigenvalue weighted by Gasteiger charge is 2.21. The van der Waals surface area contributed by atoms with Gasteiger partial charge in [-0.05, 0) is 37.6 Å². The Balaban J connectivity index is 0.00000208. The van der Waals surface area contributed by atoms with Crippen molar-refractivity contribution >= 4 is 28.5 Å². The van der Waals surface area contributed by atoms with Crippen LogP contribution >= 0.6 is 11.6 Å². The SMILES string of the molecule is CCOC(=O)c1c(C)nc2ccc(Cl)cc2c1-c1ccccc1.[Cl-]. The number of carbonyl (C=O) groups excluding carboxylic acids is 1. The molecule has 1 heterocycles. The van der Waals surface area contributed by atoms with Crippen LogP contribution in [0.1, 0.15) is 23.0 Å². The van der Waals surface area contributed by atoms with Crippen LogP contribution in [0.15, 0.2) is 48.5 Å². The lowest BCUT2D eigenvalue weighted by molar-refractivity contribution is -0.0000230. The smallest absolute Gasteiger partial charge is 0.340 e. The Morgan fingerprint density at radius 2 is 1.88 bits per heavy atom. The summed E-state index contributed by atoms with van der Waals surface area (Å²) in [5.41, 5.74) is 3.70. The van der Waals surface area contributed by atoms with E-state index in [2.05, 4.69) is 4.98 Å². The van der Waals surface area contributed by atoms with Gasteiger partial charge in [-0.1, -0.05) is 41.9 Å². The van der Waals surface area contributed by atoms with Gasteiger partial charge < -0.3 is 17.1 Å². The van der Waals surface area contributed by atoms with E-state index in [0.29, 0.717) is 22.9 Å². The van der Waals surface area contributed by atoms with Crippen LogP contribution in [0.4, 0.5) is 0 Å². The van der Waals surface area contributed by atoms with Gasteiger partial charge in [-0.25, -0.2) is 4.79 Å². The summed E-state index contributed by atoms with van der Waals surface area (Å²) in [6.07, 6.45) is 0. The first-order valence-electron chi connectivity index (χ1n) is 7.44. The third kappa shape index (κ3) is 3.37. The van der Waals surface area contributed by atoms with E-state index in [1.165, 1.54) is 0 Å². The topological polar surface area (TPSA) is 39.2 Å². The summed E-state index contributed by atoms with van der Waals surface area (Å²) in [5, 5.41) is 1.45. The zero-order valence-electron chi connectivity index (χ0n) is 13.3. The summed E-state index contributed by atoms with van der Waals surface area (Å²) in [5.74, 6) is -0.363. The third-order valence-electron chi connectivity index (χ3n) is 3.67. The quantitative estimate of drug-likeness (QED) is 0.671. The molecule has 1 aromatic heterocycles. The van der Waals surface area contributed by atoms with Gasteiger partial charge in [0.25, 0.3) is 0 Å². The van der Waals surface area contributed by atoms with E-state index in [4.69, 9.17) is 16.3 Å². The van der Waals surface area contributed by atoms with E-state index >= 15 is 0 Å². The molecule has 2 aromatic carbocycles. The van der Waals surface area contributed by atoms with Crippen molar-refractivity contribution in [3.05, 3.63) is 64.8 Å². The summed E-state index contributed by atoms with van der Waals surface area (Å²) in [7, 11) is 0. The zero-order valence-corrected chi connectivity index (χ0v) is 14.9. The minimum absolute atomic E-state index is 0. The molecule has 0 aliphatic carbocycles. The van der Waals surface area contributed by atoms with E-state index in [1.807, 2.05) is 49.4 Å². The molecule has 0 aliphatic rings. The number of hydrogen-bond acceptors (Lipinski definition) is 3. The van der Waals surface area contributed by atoms with Crippen LogP contribution in [-0.4, -0.2) is 17.6 Å². The van der Waals surface area contributed by atoms with Crippen molar-refractivity contribution in [2.24, 2.45) is 0 Å². The Morgan fingerprint density at radius 3 is 2.54 bits per heavy atom. The number of fused-ring (bicyclic) bond motifs is 1. The molecule has 3 rings (SSSR count). The number of rotatable bonds is 3. The molecule has 5 heteroatoms. The molecule has 0 bridgehead atoms. The fourth-order valence-corrected chi connectivity index (χ4v) is 2.89. The molecule has 0 atom stereocenters. The van der Waals surface area contributed by atoms with E-state index in [0.717, 1.165) is 22.0 Å². The van der Waals surface area contributed by atoms with Gasteiger partial charge >= 0.3 is 5.97 Å². The molecular weight excluding hydrogens is 345 g/mol. The number of esters is 1. The van der Waals surface area contributed by atoms with Crippen LogP contribution in [-0.2, 0) is 4.74 Å². The van der Waals surface area contributed by atoms with Gasteiger partial charge in [-0.2, -0.15) is 0 Å². The van der Waals surface area contributed by atoms with Crippen molar-refractivity contribution in [3.63, 3.8) is 0 Å². The van der Waals surface area contributed by atoms with Gasteiger partial charge in [-0.3, -0.25) is 4.98 Å². The second kappa shape index (κ2) is 7.65. The average molecular weight is 361 g/mol. The maximum atomic E-state index is 12.5. The molecule has 0 fully saturated rings. The van der Waals surface area contributed by atoms with Gasteiger partial charge in [-0.15, -0.1) is 0 Å². The number of carbonyl (C=O) groups is 1. The Morgan fingerprint density at radius 1 is 1.17 bits per heavy atom. The number of halogens is 2. The highest BCUT2D eigenvalue weighted by molar-refractivity contribution is 6.31. The van der Waals surface area contributed by atoms with Crippen molar-refractivity contribution in [2.45, 2.75) is 13.8 Å². The summed E-state index contributed by atoms with van der Waals surface area (Å²) < 4.78 is 5.24. The van der Waals surface area contributed by atoms with Crippen LogP contribution in [0.5, 0.6) is 0 Å². The Hall–Kier alpha value is -2.10. The minimum Gasteiger partial charge on any atom is -1.00 e. The lowest BCUT2D eigenvalue weighted by atomic mass is 9.94. The summed E-state index contributed by atoms with van der Waals surface area (Å²) in [6, 6.07) is 15.3. The molecule has 0 unspecified atom stereocenters. The number of pyridine rings is 1. The first-order chi connectivity index (χ1) is 11.1. The maximum absolute atomic E-state index is 12.5. The normalized spacial score (nSPS) is 10.3. The first kappa shape index (κ1) is 18.2. The molecule has 0 saturated carbocycles. The fourth-order valence-electron chi connectivity index (χ4n) is 2.72. The average Bonchev–Trinajstić information content (AvgIpc) is 2.55. The molecule has 124 valence electrons. The minimum atomic E-state index is -0.363. The molecular formula is C19H16Cl2NO2-. The highest BCUT2D eigenvalue weighted by Crippen LogP contribution is 2.34. The molecule has 0 N–H and O–H groups in total. The van der Waals surface area contributed by atoms with E-state index in [-0.39, 0.29) is 18.4 Å². The lowest BCUT2D eigenvalue weighted by Crippen LogP contribution is -3.00. The summed E-state index contributed by atoms with van der Waals surface area (Å²) in [6.45, 7) is 3.94. The lowest BCUT2D eigenvalue weighted by Gasteiger charge is -2.15. The van der Waals surface area contributed by atoms with Gasteiger partial charge in [0.15, 0.2) is 0 Å². The monoisotopic (exact) mass is 360 g/mol. The predicted molar refractivity (Wildman–Crippen MR) is 92.9 cm³/mol. The van der Waals surface area contributed by atoms with E-state index < -0.39 is 0 Å². The van der Waals surface area contributed by atoms with Crippen LogP contribution in [0, 0.1) is 6.92 Å². The van der Waals surface area contributed by atoms with Crippen LogP contribution in [0.25, 0.3) is 22.0 Å². The Bertz CT molecular complexity index is 879. The number of benzene rings is 2. The largest absolute Gasteiger partial charge is 1.00 e. The Kier molecular flexibility index (Phi) is 5.81. The third-order valence-corrected chi connectivity index (χ3v) is 3.91. The fraction of sp³-hybridized carbons (Fsp3) is 0.158. The first-order valence-corrected chi connectivity index (χ1v) is 7.82. The van der Waals surface area contributed by atoms with Crippen molar-refractivity contribution in [1.29, 1.82) is 0 Å². The number of ether oxygens (including phenoxy) is 1. The molecule has 0 aliphatic heterocycles. The van der Waals surface area contributed by atoms with Gasteiger partial charge in [0.2, 0.25) is 0 Å². The molecule has 0 radical (unpaired) electrons. The summed E-state index contributed by atoms with van der Waals surface area (Å²) in [4.78, 5) is 17.0. The van der Waals surface area contributed by atoms with Crippen LogP contribution in [0.2, 0.25) is 5.02 Å². The maximum Gasteiger partial charge on any atom is 0.340 e. The highest BCUT2D eigenvalue weighted by atomic mass is 35.5. The van der Waals surface area contributed by atoms with Crippen LogP contribution < -0.4 is 12.4 Å². The van der Waals surface area contributed by atoms with Crippen molar-refractivity contribution in [3.8, 4) is 11.1 Å². The number of aryl methyl sites for hydroxylation is 1. The van der Waals surface area contributed by atoms with Gasteiger partial charge in [0.1, 0.15) is 0 Å². The van der Waals surface area contributed by atoms with Crippen molar-refractivity contribution < 1.29 is 21.9 Å². The zero-order chi connectivity index (χ0) is 16.4. The second-order valence-electron chi connectivity index (χ2n) is 5.20. The number of aromatic nitrogens is 1. The number of hydrogen-bond donors (Lipinski definition) is 0. The molecule has 0 amide bonds. The Labute approximate surface area is 152 Å². The second-order valence-corrected chi connectivity index (χ2v) is 5.63. The predicted octanol–water partition coefficient (Wildman–Crippen LogP) is 2.04. The molecule has 0 spiro atoms. The molecule has 24 heavy (non-hydrogen) atoms. The van der Waals surface area contributed by atoms with E-state index in [9.17, 15) is 4.79 Å². The molecule has 3 aromatic rings. The van der Waals surface area contributed by atoms with Gasteiger partial charge in [0, 0.05) is 16.0 Å². The molecule has 3 nitrogen and oxygen atoms in total.